The van der Waals surface area contributed by atoms with E-state index in [9.17, 15) is 9.90 Å². The number of nitrogens with one attached hydrogen (secondary N) is 2. The molecule has 1 aliphatic heterocycles. The van der Waals surface area contributed by atoms with Crippen LogP contribution in [-0.4, -0.2) is 29.7 Å². The first kappa shape index (κ1) is 19.4. The summed E-state index contributed by atoms with van der Waals surface area (Å²) in [6.45, 7) is 7.33. The zero-order valence-corrected chi connectivity index (χ0v) is 16.2. The van der Waals surface area contributed by atoms with Crippen molar-refractivity contribution in [3.63, 3.8) is 0 Å². The monoisotopic (exact) mass is 368 g/mol. The summed E-state index contributed by atoms with van der Waals surface area (Å²) in [7, 11) is 0. The Labute approximate surface area is 160 Å². The van der Waals surface area contributed by atoms with Gasteiger partial charge in [-0.15, -0.1) is 0 Å². The van der Waals surface area contributed by atoms with Crippen LogP contribution in [0.25, 0.3) is 0 Å². The number of hydrogen-bond acceptors (Lipinski definition) is 4. The number of anilines is 1. The molecule has 2 atom stereocenters. The predicted octanol–water partition coefficient (Wildman–Crippen LogP) is 3.36. The third kappa shape index (κ3) is 5.08. The Kier molecular flexibility index (Phi) is 6.14. The molecular formula is C22H28N2O3. The number of aryl methyl sites for hydroxylation is 1. The van der Waals surface area contributed by atoms with Crippen molar-refractivity contribution in [1.29, 1.82) is 0 Å². The maximum absolute atomic E-state index is 12.2. The van der Waals surface area contributed by atoms with Gasteiger partial charge in [0.15, 0.2) is 0 Å². The predicted molar refractivity (Wildman–Crippen MR) is 107 cm³/mol. The second kappa shape index (κ2) is 8.55. The molecule has 27 heavy (non-hydrogen) atoms. The van der Waals surface area contributed by atoms with E-state index < -0.39 is 6.10 Å². The number of aliphatic hydroxyl groups excluding tert-OH is 1. The zero-order chi connectivity index (χ0) is 19.4. The van der Waals surface area contributed by atoms with Gasteiger partial charge >= 0.3 is 0 Å². The van der Waals surface area contributed by atoms with Crippen LogP contribution in [0.3, 0.4) is 0 Å². The Morgan fingerprint density at radius 1 is 1.26 bits per heavy atom. The Hall–Kier alpha value is -2.37. The normalized spacial score (nSPS) is 19.3. The second-order valence-electron chi connectivity index (χ2n) is 7.52. The van der Waals surface area contributed by atoms with Gasteiger partial charge in [-0.3, -0.25) is 4.79 Å². The maximum Gasteiger partial charge on any atom is 0.241 e. The van der Waals surface area contributed by atoms with Crippen LogP contribution < -0.4 is 15.4 Å². The minimum Gasteiger partial charge on any atom is -0.489 e. The van der Waals surface area contributed by atoms with Crippen molar-refractivity contribution in [1.82, 2.24) is 5.32 Å². The van der Waals surface area contributed by atoms with Gasteiger partial charge in [-0.2, -0.15) is 0 Å². The van der Waals surface area contributed by atoms with Crippen molar-refractivity contribution < 1.29 is 14.6 Å². The number of carbonyl (C=O) groups excluding carboxylic acids is 1. The molecule has 0 bridgehead atoms. The molecule has 2 aromatic rings. The van der Waals surface area contributed by atoms with Crippen molar-refractivity contribution in [2.75, 3.05) is 11.9 Å². The molecule has 1 heterocycles. The highest BCUT2D eigenvalue weighted by molar-refractivity contribution is 5.95. The fraction of sp³-hybridized carbons (Fsp3) is 0.409. The van der Waals surface area contributed by atoms with E-state index in [0.29, 0.717) is 25.5 Å². The molecule has 3 N–H and O–H groups in total. The Morgan fingerprint density at radius 2 is 2.00 bits per heavy atom. The quantitative estimate of drug-likeness (QED) is 0.731. The standard InChI is InChI=1S/C22H28N2O3/c1-14(2)19-9-4-15(3)10-21(19)27-13-16-5-7-17(8-6-16)24-22(26)20-11-18(25)12-23-20/h4-10,14,18,20,23,25H,11-13H2,1-3H3,(H,24,26). The lowest BCUT2D eigenvalue weighted by Gasteiger charge is -2.15. The average molecular weight is 368 g/mol. The summed E-state index contributed by atoms with van der Waals surface area (Å²) >= 11 is 0. The van der Waals surface area contributed by atoms with Crippen molar-refractivity contribution in [2.24, 2.45) is 0 Å². The van der Waals surface area contributed by atoms with E-state index >= 15 is 0 Å². The summed E-state index contributed by atoms with van der Waals surface area (Å²) in [5.74, 6) is 1.21. The second-order valence-corrected chi connectivity index (χ2v) is 7.52. The Morgan fingerprint density at radius 3 is 2.63 bits per heavy atom. The lowest BCUT2D eigenvalue weighted by atomic mass is 10.0. The lowest BCUT2D eigenvalue weighted by molar-refractivity contribution is -0.117. The van der Waals surface area contributed by atoms with Gasteiger partial charge < -0.3 is 20.5 Å². The molecule has 0 aromatic heterocycles. The average Bonchev–Trinajstić information content (AvgIpc) is 3.07. The minimum atomic E-state index is -0.447. The third-order valence-corrected chi connectivity index (χ3v) is 4.83. The first-order valence-electron chi connectivity index (χ1n) is 9.47. The third-order valence-electron chi connectivity index (χ3n) is 4.83. The van der Waals surface area contributed by atoms with Gasteiger partial charge in [-0.25, -0.2) is 0 Å². The molecule has 0 aliphatic carbocycles. The van der Waals surface area contributed by atoms with E-state index in [4.69, 9.17) is 4.74 Å². The summed E-state index contributed by atoms with van der Waals surface area (Å²) in [5.41, 5.74) is 4.16. The SMILES string of the molecule is Cc1ccc(C(C)C)c(OCc2ccc(NC(=O)C3CC(O)CN3)cc2)c1. The van der Waals surface area contributed by atoms with Crippen molar-refractivity contribution in [2.45, 2.75) is 51.9 Å². The summed E-state index contributed by atoms with van der Waals surface area (Å²) in [6.07, 6.45) is 0.00419. The summed E-state index contributed by atoms with van der Waals surface area (Å²) in [5, 5.41) is 15.4. The highest BCUT2D eigenvalue weighted by Crippen LogP contribution is 2.28. The van der Waals surface area contributed by atoms with Gasteiger partial charge in [-0.1, -0.05) is 38.1 Å². The van der Waals surface area contributed by atoms with Gasteiger partial charge in [-0.05, 0) is 54.2 Å². The smallest absolute Gasteiger partial charge is 0.241 e. The first-order valence-corrected chi connectivity index (χ1v) is 9.47. The number of aliphatic hydroxyl groups is 1. The number of rotatable bonds is 6. The van der Waals surface area contributed by atoms with Crippen molar-refractivity contribution >= 4 is 11.6 Å². The van der Waals surface area contributed by atoms with Crippen LogP contribution >= 0.6 is 0 Å². The topological polar surface area (TPSA) is 70.6 Å². The van der Waals surface area contributed by atoms with Gasteiger partial charge in [0.25, 0.3) is 0 Å². The Bertz CT molecular complexity index is 787. The number of carbonyl (C=O) groups is 1. The Balaban J connectivity index is 1.58. The summed E-state index contributed by atoms with van der Waals surface area (Å²) in [4.78, 5) is 12.2. The highest BCUT2D eigenvalue weighted by atomic mass is 16.5. The van der Waals surface area contributed by atoms with Crippen LogP contribution in [0.1, 0.15) is 42.9 Å². The van der Waals surface area contributed by atoms with Crippen LogP contribution in [0.2, 0.25) is 0 Å². The van der Waals surface area contributed by atoms with E-state index in [1.165, 1.54) is 11.1 Å². The van der Waals surface area contributed by atoms with Crippen LogP contribution in [0, 0.1) is 6.92 Å². The molecule has 3 rings (SSSR count). The van der Waals surface area contributed by atoms with Crippen molar-refractivity contribution in [3.05, 3.63) is 59.2 Å². The van der Waals surface area contributed by atoms with E-state index in [1.54, 1.807) is 0 Å². The van der Waals surface area contributed by atoms with E-state index in [0.717, 1.165) is 17.0 Å². The molecule has 5 heteroatoms. The molecule has 0 radical (unpaired) electrons. The molecule has 1 aliphatic rings. The molecule has 144 valence electrons. The van der Waals surface area contributed by atoms with Crippen LogP contribution in [-0.2, 0) is 11.4 Å². The number of hydrogen-bond donors (Lipinski definition) is 3. The minimum absolute atomic E-state index is 0.114. The molecule has 0 saturated carbocycles. The number of benzene rings is 2. The summed E-state index contributed by atoms with van der Waals surface area (Å²) in [6, 6.07) is 13.6. The molecule has 0 spiro atoms. The van der Waals surface area contributed by atoms with Crippen LogP contribution in [0.5, 0.6) is 5.75 Å². The number of β-amino-alcohol motifs (C(OH)–C–C–N with tert-alkyl or cyclic N) is 1. The number of amides is 1. The lowest BCUT2D eigenvalue weighted by Crippen LogP contribution is -2.35. The highest BCUT2D eigenvalue weighted by Gasteiger charge is 2.27. The van der Waals surface area contributed by atoms with Crippen LogP contribution in [0.15, 0.2) is 42.5 Å². The van der Waals surface area contributed by atoms with Gasteiger partial charge in [0.1, 0.15) is 12.4 Å². The van der Waals surface area contributed by atoms with E-state index in [2.05, 4.69) is 49.6 Å². The fourth-order valence-corrected chi connectivity index (χ4v) is 3.24. The van der Waals surface area contributed by atoms with Gasteiger partial charge in [0.05, 0.1) is 12.1 Å². The zero-order valence-electron chi connectivity index (χ0n) is 16.2. The fourth-order valence-electron chi connectivity index (χ4n) is 3.24. The van der Waals surface area contributed by atoms with E-state index in [-0.39, 0.29) is 11.9 Å². The largest absolute Gasteiger partial charge is 0.489 e. The summed E-state index contributed by atoms with van der Waals surface area (Å²) < 4.78 is 6.05. The van der Waals surface area contributed by atoms with Crippen LogP contribution in [0.4, 0.5) is 5.69 Å². The molecule has 1 amide bonds. The molecule has 1 saturated heterocycles. The molecule has 5 nitrogen and oxygen atoms in total. The van der Waals surface area contributed by atoms with Gasteiger partial charge in [0, 0.05) is 12.2 Å². The molecular weight excluding hydrogens is 340 g/mol. The first-order chi connectivity index (χ1) is 12.9. The van der Waals surface area contributed by atoms with E-state index in [1.807, 2.05) is 24.3 Å². The number of ether oxygens (including phenoxy) is 1. The molecule has 2 unspecified atom stereocenters. The molecule has 1 fully saturated rings. The maximum atomic E-state index is 12.2. The van der Waals surface area contributed by atoms with Gasteiger partial charge in [0.2, 0.25) is 5.91 Å². The molecule has 2 aromatic carbocycles. The van der Waals surface area contributed by atoms with Crippen molar-refractivity contribution in [3.8, 4) is 5.75 Å².